The van der Waals surface area contributed by atoms with Crippen molar-refractivity contribution >= 4 is 15.7 Å². The fraction of sp³-hybridized carbons (Fsp3) is 0.0952. The molecule has 2 heterocycles. The number of hydrogen-bond acceptors (Lipinski definition) is 6. The Kier molecular flexibility index (Phi) is 5.63. The zero-order valence-electron chi connectivity index (χ0n) is 16.4. The van der Waals surface area contributed by atoms with Crippen molar-refractivity contribution in [2.45, 2.75) is 12.7 Å². The summed E-state index contributed by atoms with van der Waals surface area (Å²) in [5.41, 5.74) is 0.434. The third kappa shape index (κ3) is 5.04. The molecule has 0 aliphatic carbocycles. The van der Waals surface area contributed by atoms with Crippen molar-refractivity contribution in [2.75, 3.05) is 4.72 Å². The van der Waals surface area contributed by atoms with Gasteiger partial charge in [0.25, 0.3) is 0 Å². The standard InChI is InChI=1S/C21H18FN5O3S/c1-15-23-10-11-27(15)20-12-21(25-14-24-20)30-18-8-6-17(7-9-18)26-31(28,29)13-16-4-2-3-5-19(16)22/h2-12,14,26H,13H2,1H3. The zero-order chi connectivity index (χ0) is 21.8. The van der Waals surface area contributed by atoms with E-state index < -0.39 is 21.6 Å². The minimum absolute atomic E-state index is 0.0997. The van der Waals surface area contributed by atoms with Crippen LogP contribution in [0.2, 0.25) is 0 Å². The van der Waals surface area contributed by atoms with Gasteiger partial charge in [-0.25, -0.2) is 27.8 Å². The van der Waals surface area contributed by atoms with Gasteiger partial charge in [0.2, 0.25) is 15.9 Å². The van der Waals surface area contributed by atoms with Crippen LogP contribution in [0.3, 0.4) is 0 Å². The fourth-order valence-electron chi connectivity index (χ4n) is 2.89. The van der Waals surface area contributed by atoms with E-state index in [0.29, 0.717) is 23.1 Å². The molecule has 0 unspecified atom stereocenters. The van der Waals surface area contributed by atoms with Crippen LogP contribution in [-0.4, -0.2) is 27.9 Å². The third-order valence-corrected chi connectivity index (χ3v) is 5.59. The van der Waals surface area contributed by atoms with Crippen molar-refractivity contribution in [3.05, 3.63) is 90.5 Å². The number of sulfonamides is 1. The molecular weight excluding hydrogens is 421 g/mol. The van der Waals surface area contributed by atoms with E-state index in [0.717, 1.165) is 5.82 Å². The Morgan fingerprint density at radius 1 is 1.06 bits per heavy atom. The van der Waals surface area contributed by atoms with Gasteiger partial charge in [-0.1, -0.05) is 18.2 Å². The highest BCUT2D eigenvalue weighted by Crippen LogP contribution is 2.23. The maximum atomic E-state index is 13.7. The average molecular weight is 439 g/mol. The Morgan fingerprint density at radius 2 is 1.84 bits per heavy atom. The third-order valence-electron chi connectivity index (χ3n) is 4.35. The number of benzene rings is 2. The molecule has 1 N–H and O–H groups in total. The Labute approximate surface area is 178 Å². The molecule has 0 aliphatic rings. The number of imidazole rings is 1. The number of aromatic nitrogens is 4. The summed E-state index contributed by atoms with van der Waals surface area (Å²) in [5.74, 6) is 1.14. The molecule has 158 valence electrons. The molecule has 0 aliphatic heterocycles. The zero-order valence-corrected chi connectivity index (χ0v) is 17.3. The van der Waals surface area contributed by atoms with Gasteiger partial charge in [-0.05, 0) is 37.3 Å². The molecule has 0 saturated carbocycles. The lowest BCUT2D eigenvalue weighted by molar-refractivity contribution is 0.461. The Hall–Kier alpha value is -3.79. The van der Waals surface area contributed by atoms with E-state index in [2.05, 4.69) is 19.7 Å². The van der Waals surface area contributed by atoms with Crippen molar-refractivity contribution in [1.82, 2.24) is 19.5 Å². The SMILES string of the molecule is Cc1nccn1-c1cc(Oc2ccc(NS(=O)(=O)Cc3ccccc3F)cc2)ncn1. The van der Waals surface area contributed by atoms with E-state index in [4.69, 9.17) is 4.74 Å². The van der Waals surface area contributed by atoms with Crippen LogP contribution in [0.1, 0.15) is 11.4 Å². The first kappa shape index (κ1) is 20.5. The van der Waals surface area contributed by atoms with Crippen LogP contribution in [0, 0.1) is 12.7 Å². The number of nitrogens with zero attached hydrogens (tertiary/aromatic N) is 4. The molecule has 0 fully saturated rings. The van der Waals surface area contributed by atoms with Crippen molar-refractivity contribution in [2.24, 2.45) is 0 Å². The van der Waals surface area contributed by atoms with Crippen molar-refractivity contribution in [3.63, 3.8) is 0 Å². The number of rotatable bonds is 7. The Morgan fingerprint density at radius 3 is 2.55 bits per heavy atom. The molecule has 0 spiro atoms. The summed E-state index contributed by atoms with van der Waals surface area (Å²) in [6.45, 7) is 1.86. The van der Waals surface area contributed by atoms with Crippen molar-refractivity contribution in [1.29, 1.82) is 0 Å². The molecule has 4 aromatic rings. The summed E-state index contributed by atoms with van der Waals surface area (Å²) < 4.78 is 48.4. The van der Waals surface area contributed by atoms with Crippen LogP contribution in [0.25, 0.3) is 5.82 Å². The topological polar surface area (TPSA) is 99.0 Å². The quantitative estimate of drug-likeness (QED) is 0.470. The second-order valence-corrected chi connectivity index (χ2v) is 8.36. The van der Waals surface area contributed by atoms with Crippen LogP contribution in [0.15, 0.2) is 73.3 Å². The van der Waals surface area contributed by atoms with Gasteiger partial charge in [-0.2, -0.15) is 0 Å². The van der Waals surface area contributed by atoms with Crippen LogP contribution in [0.4, 0.5) is 10.1 Å². The van der Waals surface area contributed by atoms with Gasteiger partial charge < -0.3 is 4.74 Å². The maximum Gasteiger partial charge on any atom is 0.237 e. The van der Waals surface area contributed by atoms with E-state index >= 15 is 0 Å². The second kappa shape index (κ2) is 8.52. The number of nitrogens with one attached hydrogen (secondary N) is 1. The molecule has 2 aromatic heterocycles. The Balaban J connectivity index is 1.44. The lowest BCUT2D eigenvalue weighted by Crippen LogP contribution is -2.15. The summed E-state index contributed by atoms with van der Waals surface area (Å²) in [6.07, 6.45) is 4.84. The molecule has 10 heteroatoms. The highest BCUT2D eigenvalue weighted by molar-refractivity contribution is 7.91. The van der Waals surface area contributed by atoms with Gasteiger partial charge in [-0.15, -0.1) is 0 Å². The van der Waals surface area contributed by atoms with E-state index in [1.165, 1.54) is 24.5 Å². The molecule has 8 nitrogen and oxygen atoms in total. The van der Waals surface area contributed by atoms with Crippen LogP contribution >= 0.6 is 0 Å². The first-order valence-electron chi connectivity index (χ1n) is 9.24. The highest BCUT2D eigenvalue weighted by Gasteiger charge is 2.15. The largest absolute Gasteiger partial charge is 0.439 e. The number of anilines is 1. The molecule has 0 atom stereocenters. The van der Waals surface area contributed by atoms with E-state index in [9.17, 15) is 12.8 Å². The summed E-state index contributed by atoms with van der Waals surface area (Å²) in [7, 11) is -3.78. The summed E-state index contributed by atoms with van der Waals surface area (Å²) in [5, 5.41) is 0. The normalized spacial score (nSPS) is 11.3. The smallest absolute Gasteiger partial charge is 0.237 e. The monoisotopic (exact) mass is 439 g/mol. The predicted octanol–water partition coefficient (Wildman–Crippen LogP) is 3.84. The first-order valence-corrected chi connectivity index (χ1v) is 10.9. The number of ether oxygens (including phenoxy) is 1. The molecule has 2 aromatic carbocycles. The number of aryl methyl sites for hydroxylation is 1. The van der Waals surface area contributed by atoms with Crippen LogP contribution < -0.4 is 9.46 Å². The molecule has 4 rings (SSSR count). The highest BCUT2D eigenvalue weighted by atomic mass is 32.2. The predicted molar refractivity (Wildman–Crippen MR) is 113 cm³/mol. The molecule has 0 bridgehead atoms. The Bertz CT molecular complexity index is 1310. The van der Waals surface area contributed by atoms with Crippen LogP contribution in [-0.2, 0) is 15.8 Å². The summed E-state index contributed by atoms with van der Waals surface area (Å²) >= 11 is 0. The minimum Gasteiger partial charge on any atom is -0.439 e. The fourth-order valence-corrected chi connectivity index (χ4v) is 4.10. The maximum absolute atomic E-state index is 13.7. The molecule has 31 heavy (non-hydrogen) atoms. The minimum atomic E-state index is -3.78. The van der Waals surface area contributed by atoms with Gasteiger partial charge in [0.1, 0.15) is 29.5 Å². The van der Waals surface area contributed by atoms with Crippen LogP contribution in [0.5, 0.6) is 11.6 Å². The van der Waals surface area contributed by atoms with Gasteiger partial charge in [0.05, 0.1) is 5.75 Å². The van der Waals surface area contributed by atoms with Crippen molar-refractivity contribution in [3.8, 4) is 17.4 Å². The second-order valence-electron chi connectivity index (χ2n) is 6.64. The van der Waals surface area contributed by atoms with Gasteiger partial charge in [-0.3, -0.25) is 9.29 Å². The summed E-state index contributed by atoms with van der Waals surface area (Å²) in [4.78, 5) is 12.5. The average Bonchev–Trinajstić information content (AvgIpc) is 3.17. The molecule has 0 radical (unpaired) electrons. The van der Waals surface area contributed by atoms with Crippen molar-refractivity contribution < 1.29 is 17.5 Å². The first-order chi connectivity index (χ1) is 14.9. The van der Waals surface area contributed by atoms with Gasteiger partial charge >= 0.3 is 0 Å². The lowest BCUT2D eigenvalue weighted by Gasteiger charge is -2.10. The van der Waals surface area contributed by atoms with E-state index in [1.54, 1.807) is 53.4 Å². The molecule has 0 saturated heterocycles. The van der Waals surface area contributed by atoms with Gasteiger partial charge in [0.15, 0.2) is 0 Å². The molecule has 0 amide bonds. The van der Waals surface area contributed by atoms with Gasteiger partial charge in [0, 0.05) is 29.7 Å². The summed E-state index contributed by atoms with van der Waals surface area (Å²) in [6, 6.07) is 13.7. The molecular formula is C21H18FN5O3S. The number of halogens is 1. The van der Waals surface area contributed by atoms with E-state index in [-0.39, 0.29) is 5.56 Å². The number of hydrogen-bond donors (Lipinski definition) is 1. The van der Waals surface area contributed by atoms with E-state index in [1.807, 2.05) is 6.92 Å². The lowest BCUT2D eigenvalue weighted by atomic mass is 10.2.